The molecule has 1 amide bonds. The van der Waals surface area contributed by atoms with Crippen LogP contribution in [0.3, 0.4) is 0 Å². The van der Waals surface area contributed by atoms with Gasteiger partial charge in [0.25, 0.3) is 0 Å². The Labute approximate surface area is 124 Å². The molecule has 0 aliphatic carbocycles. The van der Waals surface area contributed by atoms with Crippen LogP contribution in [-0.4, -0.2) is 30.1 Å². The van der Waals surface area contributed by atoms with Gasteiger partial charge in [-0.2, -0.15) is 0 Å². The molecule has 0 saturated heterocycles. The van der Waals surface area contributed by atoms with Gasteiger partial charge in [0.15, 0.2) is 0 Å². The fraction of sp³-hybridized carbons (Fsp3) is 0.467. The first kappa shape index (κ1) is 17.0. The van der Waals surface area contributed by atoms with E-state index in [9.17, 15) is 14.7 Å². The van der Waals surface area contributed by atoms with Crippen molar-refractivity contribution in [3.05, 3.63) is 23.8 Å². The highest BCUT2D eigenvalue weighted by molar-refractivity contribution is 6.01. The van der Waals surface area contributed by atoms with E-state index >= 15 is 0 Å². The van der Waals surface area contributed by atoms with Crippen LogP contribution < -0.4 is 15.8 Å². The fourth-order valence-corrected chi connectivity index (χ4v) is 1.64. The van der Waals surface area contributed by atoms with Crippen LogP contribution in [0.25, 0.3) is 0 Å². The molecular weight excluding hydrogens is 272 g/mol. The third-order valence-corrected chi connectivity index (χ3v) is 3.25. The lowest BCUT2D eigenvalue weighted by molar-refractivity contribution is -0.117. The van der Waals surface area contributed by atoms with Crippen molar-refractivity contribution < 1.29 is 19.4 Å². The van der Waals surface area contributed by atoms with Crippen molar-refractivity contribution in [2.24, 2.45) is 11.1 Å². The Morgan fingerprint density at radius 2 is 2.00 bits per heavy atom. The number of carbonyl (C=O) groups excluding carboxylic acids is 1. The van der Waals surface area contributed by atoms with Crippen molar-refractivity contribution in [1.29, 1.82) is 0 Å². The SMILES string of the molecule is COc1ccc(NC(=O)CC(N)C(C)(C)C)c(C(=O)O)c1. The van der Waals surface area contributed by atoms with Crippen molar-refractivity contribution in [3.8, 4) is 5.75 Å². The van der Waals surface area contributed by atoms with Crippen LogP contribution in [0.15, 0.2) is 18.2 Å². The van der Waals surface area contributed by atoms with Gasteiger partial charge in [0.05, 0.1) is 18.4 Å². The Balaban J connectivity index is 2.88. The molecule has 0 saturated carbocycles. The van der Waals surface area contributed by atoms with E-state index in [2.05, 4.69) is 5.32 Å². The molecular formula is C15H22N2O4. The predicted octanol–water partition coefficient (Wildman–Crippen LogP) is 2.10. The Kier molecular flexibility index (Phi) is 5.32. The lowest BCUT2D eigenvalue weighted by atomic mass is 9.85. The molecule has 1 aromatic carbocycles. The molecule has 0 radical (unpaired) electrons. The predicted molar refractivity (Wildman–Crippen MR) is 80.6 cm³/mol. The van der Waals surface area contributed by atoms with Gasteiger partial charge in [-0.15, -0.1) is 0 Å². The number of hydrogen-bond donors (Lipinski definition) is 3. The number of benzene rings is 1. The van der Waals surface area contributed by atoms with E-state index in [0.717, 1.165) is 0 Å². The molecule has 0 heterocycles. The maximum absolute atomic E-state index is 12.0. The average Bonchev–Trinajstić information content (AvgIpc) is 2.37. The van der Waals surface area contributed by atoms with Gasteiger partial charge in [-0.1, -0.05) is 20.8 Å². The largest absolute Gasteiger partial charge is 0.497 e. The molecule has 0 bridgehead atoms. The third-order valence-electron chi connectivity index (χ3n) is 3.25. The van der Waals surface area contributed by atoms with Crippen LogP contribution in [0.2, 0.25) is 0 Å². The molecule has 0 aromatic heterocycles. The summed E-state index contributed by atoms with van der Waals surface area (Å²) in [4.78, 5) is 23.2. The number of aromatic carboxylic acids is 1. The summed E-state index contributed by atoms with van der Waals surface area (Å²) in [5.41, 5.74) is 5.96. The molecule has 1 atom stereocenters. The summed E-state index contributed by atoms with van der Waals surface area (Å²) in [6.07, 6.45) is 0.120. The maximum atomic E-state index is 12.0. The van der Waals surface area contributed by atoms with Gasteiger partial charge >= 0.3 is 5.97 Å². The van der Waals surface area contributed by atoms with Gasteiger partial charge in [-0.3, -0.25) is 4.79 Å². The van der Waals surface area contributed by atoms with Gasteiger partial charge in [0.2, 0.25) is 5.91 Å². The highest BCUT2D eigenvalue weighted by Gasteiger charge is 2.24. The van der Waals surface area contributed by atoms with Gasteiger partial charge in [0.1, 0.15) is 5.75 Å². The fourth-order valence-electron chi connectivity index (χ4n) is 1.64. The number of methoxy groups -OCH3 is 1. The van der Waals surface area contributed by atoms with Crippen LogP contribution >= 0.6 is 0 Å². The van der Waals surface area contributed by atoms with Gasteiger partial charge < -0.3 is 20.9 Å². The summed E-state index contributed by atoms with van der Waals surface area (Å²) in [6, 6.07) is 4.14. The number of carbonyl (C=O) groups is 2. The number of anilines is 1. The standard InChI is InChI=1S/C15H22N2O4/c1-15(2,3)12(16)8-13(18)17-11-6-5-9(21-4)7-10(11)14(19)20/h5-7,12H,8,16H2,1-4H3,(H,17,18)(H,19,20). The number of amides is 1. The van der Waals surface area contributed by atoms with Crippen molar-refractivity contribution in [3.63, 3.8) is 0 Å². The van der Waals surface area contributed by atoms with Gasteiger partial charge in [-0.25, -0.2) is 4.79 Å². The molecule has 6 nitrogen and oxygen atoms in total. The van der Waals surface area contributed by atoms with Crippen LogP contribution in [0.4, 0.5) is 5.69 Å². The van der Waals surface area contributed by atoms with Crippen LogP contribution in [-0.2, 0) is 4.79 Å². The van der Waals surface area contributed by atoms with Gasteiger partial charge in [0, 0.05) is 12.5 Å². The number of nitrogens with one attached hydrogen (secondary N) is 1. The molecule has 0 aliphatic rings. The monoisotopic (exact) mass is 294 g/mol. The van der Waals surface area contributed by atoms with E-state index in [4.69, 9.17) is 10.5 Å². The Hall–Kier alpha value is -2.08. The smallest absolute Gasteiger partial charge is 0.337 e. The minimum absolute atomic E-state index is 0.0213. The highest BCUT2D eigenvalue weighted by Crippen LogP contribution is 2.24. The second kappa shape index (κ2) is 6.58. The molecule has 6 heteroatoms. The first-order valence-electron chi connectivity index (χ1n) is 6.62. The van der Waals surface area contributed by atoms with Crippen LogP contribution in [0.5, 0.6) is 5.75 Å². The van der Waals surface area contributed by atoms with Crippen molar-refractivity contribution in [1.82, 2.24) is 0 Å². The minimum Gasteiger partial charge on any atom is -0.497 e. The number of nitrogens with two attached hydrogens (primary N) is 1. The lowest BCUT2D eigenvalue weighted by Gasteiger charge is -2.26. The summed E-state index contributed by atoms with van der Waals surface area (Å²) >= 11 is 0. The van der Waals surface area contributed by atoms with Crippen molar-refractivity contribution in [2.75, 3.05) is 12.4 Å². The summed E-state index contributed by atoms with van der Waals surface area (Å²) in [5.74, 6) is -1.04. The number of hydrogen-bond acceptors (Lipinski definition) is 4. The normalized spacial score (nSPS) is 12.6. The topological polar surface area (TPSA) is 102 Å². The molecule has 4 N–H and O–H groups in total. The van der Waals surface area contributed by atoms with Crippen molar-refractivity contribution in [2.45, 2.75) is 33.2 Å². The minimum atomic E-state index is -1.13. The van der Waals surface area contributed by atoms with E-state index in [-0.39, 0.29) is 35.0 Å². The number of carboxylic acid groups (broad SMARTS) is 1. The molecule has 0 fully saturated rings. The summed E-state index contributed by atoms with van der Waals surface area (Å²) < 4.78 is 4.98. The summed E-state index contributed by atoms with van der Waals surface area (Å²) in [6.45, 7) is 5.84. The average molecular weight is 294 g/mol. The quantitative estimate of drug-likeness (QED) is 0.772. The zero-order valence-electron chi connectivity index (χ0n) is 12.8. The van der Waals surface area contributed by atoms with E-state index in [0.29, 0.717) is 5.75 Å². The Morgan fingerprint density at radius 3 is 2.48 bits per heavy atom. The highest BCUT2D eigenvalue weighted by atomic mass is 16.5. The molecule has 1 aromatic rings. The second-order valence-electron chi connectivity index (χ2n) is 5.94. The molecule has 1 unspecified atom stereocenters. The van der Waals surface area contributed by atoms with E-state index < -0.39 is 5.97 Å². The molecule has 21 heavy (non-hydrogen) atoms. The van der Waals surface area contributed by atoms with Gasteiger partial charge in [-0.05, 0) is 23.6 Å². The van der Waals surface area contributed by atoms with E-state index in [1.807, 2.05) is 20.8 Å². The first-order valence-corrected chi connectivity index (χ1v) is 6.62. The first-order chi connectivity index (χ1) is 9.65. The van der Waals surface area contributed by atoms with Crippen LogP contribution in [0.1, 0.15) is 37.6 Å². The molecule has 116 valence electrons. The number of carboxylic acids is 1. The van der Waals surface area contributed by atoms with E-state index in [1.165, 1.54) is 19.2 Å². The Morgan fingerprint density at radius 1 is 1.38 bits per heavy atom. The van der Waals surface area contributed by atoms with E-state index in [1.54, 1.807) is 6.07 Å². The van der Waals surface area contributed by atoms with Crippen LogP contribution in [0, 0.1) is 5.41 Å². The summed E-state index contributed by atoms with van der Waals surface area (Å²) in [7, 11) is 1.45. The zero-order valence-corrected chi connectivity index (χ0v) is 12.8. The number of ether oxygens (including phenoxy) is 1. The second-order valence-corrected chi connectivity index (χ2v) is 5.94. The Bertz CT molecular complexity index is 535. The molecule has 0 aliphatic heterocycles. The molecule has 1 rings (SSSR count). The maximum Gasteiger partial charge on any atom is 0.337 e. The zero-order chi connectivity index (χ0) is 16.2. The lowest BCUT2D eigenvalue weighted by Crippen LogP contribution is -2.38. The number of rotatable bonds is 5. The summed E-state index contributed by atoms with van der Waals surface area (Å²) in [5, 5.41) is 11.8. The van der Waals surface area contributed by atoms with Crippen molar-refractivity contribution >= 4 is 17.6 Å². The third kappa shape index (κ3) is 4.75. The molecule has 0 spiro atoms.